The third-order valence-electron chi connectivity index (χ3n) is 7.69. The van der Waals surface area contributed by atoms with E-state index in [0.717, 1.165) is 43.2 Å². The van der Waals surface area contributed by atoms with E-state index in [2.05, 4.69) is 34.9 Å². The molecule has 3 atom stereocenters. The lowest BCUT2D eigenvalue weighted by Crippen LogP contribution is -2.44. The molecule has 0 aromatic heterocycles. The molecule has 0 aliphatic heterocycles. The highest BCUT2D eigenvalue weighted by molar-refractivity contribution is 5.80. The molecule has 3 N–H and O–H groups in total. The second-order valence-corrected chi connectivity index (χ2v) is 10.1. The maximum absolute atomic E-state index is 12.7. The third-order valence-corrected chi connectivity index (χ3v) is 7.69. The second-order valence-electron chi connectivity index (χ2n) is 10.1. The number of benzene rings is 2. The molecule has 0 heterocycles. The summed E-state index contributed by atoms with van der Waals surface area (Å²) in [5.41, 5.74) is 4.68. The first-order valence-corrected chi connectivity index (χ1v) is 12.6. The van der Waals surface area contributed by atoms with E-state index < -0.39 is 12.1 Å². The predicted octanol–water partition coefficient (Wildman–Crippen LogP) is 4.45. The van der Waals surface area contributed by atoms with Gasteiger partial charge in [0.1, 0.15) is 6.61 Å². The van der Waals surface area contributed by atoms with Crippen LogP contribution in [-0.2, 0) is 14.3 Å². The normalized spacial score (nSPS) is 21.6. The lowest BCUT2D eigenvalue weighted by molar-refractivity contribution is -0.138. The summed E-state index contributed by atoms with van der Waals surface area (Å²) >= 11 is 0. The predicted molar refractivity (Wildman–Crippen MR) is 131 cm³/mol. The summed E-state index contributed by atoms with van der Waals surface area (Å²) in [6.07, 6.45) is 4.27. The van der Waals surface area contributed by atoms with Gasteiger partial charge in [-0.15, -0.1) is 0 Å². The zero-order chi connectivity index (χ0) is 24.4. The van der Waals surface area contributed by atoms with E-state index >= 15 is 0 Å². The van der Waals surface area contributed by atoms with Crippen LogP contribution in [0.4, 0.5) is 4.79 Å². The van der Waals surface area contributed by atoms with E-state index in [-0.39, 0.29) is 55.2 Å². The van der Waals surface area contributed by atoms with Gasteiger partial charge in [0.15, 0.2) is 0 Å². The number of fused-ring (bicyclic) bond motifs is 3. The summed E-state index contributed by atoms with van der Waals surface area (Å²) in [5, 5.41) is 15.1. The molecular formula is C28H32N2O5. The smallest absolute Gasteiger partial charge is 0.407 e. The molecule has 2 saturated carbocycles. The molecule has 7 heteroatoms. The van der Waals surface area contributed by atoms with Crippen LogP contribution in [0.1, 0.15) is 62.0 Å². The van der Waals surface area contributed by atoms with Crippen molar-refractivity contribution in [2.24, 2.45) is 11.8 Å². The Kier molecular flexibility index (Phi) is 6.75. The van der Waals surface area contributed by atoms with Gasteiger partial charge in [0.2, 0.25) is 5.91 Å². The summed E-state index contributed by atoms with van der Waals surface area (Å²) in [7, 11) is 0. The number of rotatable bonds is 9. The minimum absolute atomic E-state index is 0.00985. The van der Waals surface area contributed by atoms with E-state index in [4.69, 9.17) is 9.84 Å². The molecule has 3 aliphatic carbocycles. The van der Waals surface area contributed by atoms with Gasteiger partial charge in [0, 0.05) is 24.4 Å². The molecule has 0 spiro atoms. The molecule has 0 radical (unpaired) electrons. The highest BCUT2D eigenvalue weighted by atomic mass is 16.5. The van der Waals surface area contributed by atoms with E-state index in [0.29, 0.717) is 0 Å². The molecule has 0 bridgehead atoms. The monoisotopic (exact) mass is 476 g/mol. The number of amides is 2. The summed E-state index contributed by atoms with van der Waals surface area (Å²) in [6, 6.07) is 16.0. The first kappa shape index (κ1) is 23.4. The first-order chi connectivity index (χ1) is 17.0. The molecule has 7 nitrogen and oxygen atoms in total. The number of hydrogen-bond donors (Lipinski definition) is 3. The highest BCUT2D eigenvalue weighted by Gasteiger charge is 2.36. The Hall–Kier alpha value is -3.35. The van der Waals surface area contributed by atoms with Crippen LogP contribution < -0.4 is 10.6 Å². The summed E-state index contributed by atoms with van der Waals surface area (Å²) in [6.45, 7) is 0.238. The van der Waals surface area contributed by atoms with Crippen molar-refractivity contribution in [2.75, 3.05) is 6.61 Å². The fraction of sp³-hybridized carbons (Fsp3) is 0.464. The standard InChI is InChI=1S/C28H32N2O5/c31-26(29-24-11-5-6-18(24)14-27(32)33)15-25(17-12-13-17)30-28(34)35-16-23-21-9-3-1-7-19(21)20-8-2-4-10-22(20)23/h1-4,7-10,17-18,23-25H,5-6,11-16H2,(H,29,31)(H,30,34)(H,32,33)/t18-,24+,25?/m0/s1. The van der Waals surface area contributed by atoms with Gasteiger partial charge in [0.25, 0.3) is 0 Å². The Morgan fingerprint density at radius 2 is 1.60 bits per heavy atom. The molecule has 2 fully saturated rings. The van der Waals surface area contributed by atoms with Crippen LogP contribution in [0.15, 0.2) is 48.5 Å². The third kappa shape index (κ3) is 5.34. The van der Waals surface area contributed by atoms with Crippen molar-refractivity contribution in [3.05, 3.63) is 59.7 Å². The SMILES string of the molecule is O=C(O)C[C@@H]1CCC[C@H]1NC(=O)CC(NC(=O)OCC1c2ccccc2-c2ccccc21)C1CC1. The molecule has 3 aliphatic rings. The maximum Gasteiger partial charge on any atom is 0.407 e. The fourth-order valence-electron chi connectivity index (χ4n) is 5.79. The van der Waals surface area contributed by atoms with Crippen molar-refractivity contribution < 1.29 is 24.2 Å². The highest BCUT2D eigenvalue weighted by Crippen LogP contribution is 2.44. The van der Waals surface area contributed by atoms with Crippen molar-refractivity contribution in [1.29, 1.82) is 0 Å². The van der Waals surface area contributed by atoms with Crippen LogP contribution in [0.25, 0.3) is 11.1 Å². The van der Waals surface area contributed by atoms with Gasteiger partial charge in [-0.25, -0.2) is 4.79 Å². The van der Waals surface area contributed by atoms with Gasteiger partial charge in [-0.3, -0.25) is 9.59 Å². The van der Waals surface area contributed by atoms with Gasteiger partial charge in [-0.1, -0.05) is 55.0 Å². The van der Waals surface area contributed by atoms with Crippen LogP contribution >= 0.6 is 0 Å². The zero-order valence-electron chi connectivity index (χ0n) is 19.7. The topological polar surface area (TPSA) is 105 Å². The van der Waals surface area contributed by atoms with Crippen molar-refractivity contribution in [1.82, 2.24) is 10.6 Å². The molecule has 2 aromatic rings. The molecule has 184 valence electrons. The Morgan fingerprint density at radius 1 is 0.943 bits per heavy atom. The lowest BCUT2D eigenvalue weighted by atomic mass is 9.98. The quantitative estimate of drug-likeness (QED) is 0.496. The molecule has 1 unspecified atom stereocenters. The number of carboxylic acids is 1. The zero-order valence-corrected chi connectivity index (χ0v) is 19.7. The largest absolute Gasteiger partial charge is 0.481 e. The second kappa shape index (κ2) is 10.1. The van der Waals surface area contributed by atoms with E-state index in [1.807, 2.05) is 24.3 Å². The number of carboxylic acid groups (broad SMARTS) is 1. The lowest BCUT2D eigenvalue weighted by Gasteiger charge is -2.23. The van der Waals surface area contributed by atoms with Gasteiger partial charge >= 0.3 is 12.1 Å². The molecule has 2 amide bonds. The van der Waals surface area contributed by atoms with Crippen molar-refractivity contribution in [2.45, 2.75) is 62.9 Å². The van der Waals surface area contributed by atoms with E-state index in [1.54, 1.807) is 0 Å². The summed E-state index contributed by atoms with van der Waals surface area (Å²) < 4.78 is 5.68. The molecule has 0 saturated heterocycles. The summed E-state index contributed by atoms with van der Waals surface area (Å²) in [5.74, 6) is -0.720. The fourth-order valence-corrected chi connectivity index (χ4v) is 5.79. The van der Waals surface area contributed by atoms with Gasteiger partial charge in [-0.05, 0) is 59.8 Å². The van der Waals surface area contributed by atoms with Crippen molar-refractivity contribution >= 4 is 18.0 Å². The van der Waals surface area contributed by atoms with Crippen LogP contribution in [0.2, 0.25) is 0 Å². The minimum atomic E-state index is -0.830. The average Bonchev–Trinajstić information content (AvgIpc) is 3.53. The first-order valence-electron chi connectivity index (χ1n) is 12.6. The average molecular weight is 477 g/mol. The van der Waals surface area contributed by atoms with Gasteiger partial charge in [-0.2, -0.15) is 0 Å². The number of alkyl carbamates (subject to hydrolysis) is 1. The molecule has 35 heavy (non-hydrogen) atoms. The van der Waals surface area contributed by atoms with Crippen molar-refractivity contribution in [3.8, 4) is 11.1 Å². The molecule has 5 rings (SSSR count). The maximum atomic E-state index is 12.7. The van der Waals surface area contributed by atoms with Gasteiger partial charge in [0.05, 0.1) is 6.42 Å². The Balaban J connectivity index is 1.16. The Bertz CT molecular complexity index is 1070. The minimum Gasteiger partial charge on any atom is -0.481 e. The van der Waals surface area contributed by atoms with Crippen molar-refractivity contribution in [3.63, 3.8) is 0 Å². The Labute approximate surface area is 205 Å². The van der Waals surface area contributed by atoms with Crippen LogP contribution in [-0.4, -0.2) is 41.8 Å². The molecule has 2 aromatic carbocycles. The van der Waals surface area contributed by atoms with Crippen LogP contribution in [0.5, 0.6) is 0 Å². The number of nitrogens with one attached hydrogen (secondary N) is 2. The number of carbonyl (C=O) groups is 3. The van der Waals surface area contributed by atoms with Crippen LogP contribution in [0, 0.1) is 11.8 Å². The number of aliphatic carboxylic acids is 1. The van der Waals surface area contributed by atoms with E-state index in [9.17, 15) is 14.4 Å². The van der Waals surface area contributed by atoms with E-state index in [1.165, 1.54) is 11.1 Å². The number of hydrogen-bond acceptors (Lipinski definition) is 4. The number of ether oxygens (including phenoxy) is 1. The molecular weight excluding hydrogens is 444 g/mol. The summed E-state index contributed by atoms with van der Waals surface area (Å²) in [4.78, 5) is 36.6. The Morgan fingerprint density at radius 3 is 2.23 bits per heavy atom. The van der Waals surface area contributed by atoms with Crippen LogP contribution in [0.3, 0.4) is 0 Å². The number of carbonyl (C=O) groups excluding carboxylic acids is 2. The van der Waals surface area contributed by atoms with Gasteiger partial charge < -0.3 is 20.5 Å².